The number of nitrogens with zero attached hydrogens (tertiary/aromatic N) is 2. The molecule has 1 aliphatic heterocycles. The quantitative estimate of drug-likeness (QED) is 0.503. The van der Waals surface area contributed by atoms with Crippen molar-refractivity contribution in [3.8, 4) is 0 Å². The first-order valence-electron chi connectivity index (χ1n) is 3.52. The van der Waals surface area contributed by atoms with Crippen molar-refractivity contribution in [3.63, 3.8) is 0 Å². The van der Waals surface area contributed by atoms with Gasteiger partial charge in [-0.3, -0.25) is 0 Å². The molecule has 0 bridgehead atoms. The minimum absolute atomic E-state index is 0.785. The summed E-state index contributed by atoms with van der Waals surface area (Å²) < 4.78 is 1.72. The molecular formula is C6H7BIN3. The smallest absolute Gasteiger partial charge is 0.143 e. The number of nitrogens with one attached hydrogen (secondary N) is 1. The van der Waals surface area contributed by atoms with E-state index in [2.05, 4.69) is 33.3 Å². The zero-order valence-electron chi connectivity index (χ0n) is 5.97. The van der Waals surface area contributed by atoms with E-state index in [4.69, 9.17) is 7.85 Å². The highest BCUT2D eigenvalue weighted by Crippen LogP contribution is 2.09. The van der Waals surface area contributed by atoms with Gasteiger partial charge in [-0.15, -0.1) is 0 Å². The molecule has 1 aromatic rings. The molecule has 1 aliphatic rings. The molecule has 0 saturated heterocycles. The molecule has 0 unspecified atom stereocenters. The number of aromatic nitrogens is 2. The fraction of sp³-hybridized carbons (Fsp3) is 0.500. The van der Waals surface area contributed by atoms with Crippen molar-refractivity contribution >= 4 is 36.3 Å². The van der Waals surface area contributed by atoms with Crippen molar-refractivity contribution in [3.05, 3.63) is 11.3 Å². The number of fused-ring (bicyclic) bond motifs is 1. The summed E-state index contributed by atoms with van der Waals surface area (Å²) in [5.74, 6) is 0. The van der Waals surface area contributed by atoms with E-state index in [-0.39, 0.29) is 0 Å². The Morgan fingerprint density at radius 2 is 2.45 bits per heavy atom. The fourth-order valence-corrected chi connectivity index (χ4v) is 1.84. The first-order chi connectivity index (χ1) is 5.29. The third kappa shape index (κ3) is 1.20. The molecule has 0 saturated carbocycles. The van der Waals surface area contributed by atoms with Crippen LogP contribution in [0.3, 0.4) is 0 Å². The van der Waals surface area contributed by atoms with E-state index < -0.39 is 0 Å². The minimum Gasteiger partial charge on any atom is -0.312 e. The number of hydrogen-bond acceptors (Lipinski definition) is 2. The molecular weight excluding hydrogens is 252 g/mol. The van der Waals surface area contributed by atoms with E-state index in [0.717, 1.165) is 30.8 Å². The Labute approximate surface area is 80.4 Å². The van der Waals surface area contributed by atoms with Crippen LogP contribution in [0.4, 0.5) is 0 Å². The van der Waals surface area contributed by atoms with E-state index in [1.54, 1.807) is 2.90 Å². The molecule has 11 heavy (non-hydrogen) atoms. The van der Waals surface area contributed by atoms with Crippen LogP contribution in [-0.4, -0.2) is 22.4 Å². The van der Waals surface area contributed by atoms with Crippen LogP contribution in [0, 0.1) is 0 Å². The third-order valence-electron chi connectivity index (χ3n) is 1.91. The molecule has 0 aromatic carbocycles. The normalized spacial score (nSPS) is 16.5. The summed E-state index contributed by atoms with van der Waals surface area (Å²) in [5.41, 5.74) is 3.11. The van der Waals surface area contributed by atoms with Gasteiger partial charge in [-0.25, -0.2) is 2.90 Å². The largest absolute Gasteiger partial charge is 0.312 e. The van der Waals surface area contributed by atoms with Crippen molar-refractivity contribution in [2.75, 3.05) is 6.54 Å². The third-order valence-corrected chi connectivity index (χ3v) is 2.64. The van der Waals surface area contributed by atoms with Gasteiger partial charge in [0.15, 0.2) is 0 Å². The summed E-state index contributed by atoms with van der Waals surface area (Å²) in [4.78, 5) is 0. The molecule has 5 heteroatoms. The summed E-state index contributed by atoms with van der Waals surface area (Å²) in [5, 5.41) is 7.55. The highest BCUT2D eigenvalue weighted by atomic mass is 127. The number of rotatable bonds is 0. The summed E-state index contributed by atoms with van der Waals surface area (Å²) >= 11 is 2.10. The summed E-state index contributed by atoms with van der Waals surface area (Å²) in [6, 6.07) is 0. The molecule has 1 N–H and O–H groups in total. The van der Waals surface area contributed by atoms with Gasteiger partial charge in [0.1, 0.15) is 7.85 Å². The maximum atomic E-state index is 5.78. The summed E-state index contributed by atoms with van der Waals surface area (Å²) in [7, 11) is 5.78. The highest BCUT2D eigenvalue weighted by molar-refractivity contribution is 14.1. The van der Waals surface area contributed by atoms with Gasteiger partial charge in [0.25, 0.3) is 0 Å². The Balaban J connectivity index is 2.50. The van der Waals surface area contributed by atoms with Crippen LogP contribution < -0.4 is 10.9 Å². The molecule has 0 aliphatic carbocycles. The van der Waals surface area contributed by atoms with Gasteiger partial charge in [0, 0.05) is 30.7 Å². The fourth-order valence-electron chi connectivity index (χ4n) is 1.29. The molecule has 2 heterocycles. The van der Waals surface area contributed by atoms with Crippen molar-refractivity contribution in [2.45, 2.75) is 13.0 Å². The lowest BCUT2D eigenvalue weighted by Gasteiger charge is -2.11. The molecule has 2 rings (SSSR count). The van der Waals surface area contributed by atoms with Crippen molar-refractivity contribution < 1.29 is 0 Å². The molecule has 0 spiro atoms. The first-order valence-corrected chi connectivity index (χ1v) is 4.48. The van der Waals surface area contributed by atoms with Crippen LogP contribution in [0.25, 0.3) is 0 Å². The Bertz CT molecular complexity index is 284. The zero-order chi connectivity index (χ0) is 7.84. The van der Waals surface area contributed by atoms with Gasteiger partial charge in [-0.05, 0) is 0 Å². The van der Waals surface area contributed by atoms with Gasteiger partial charge in [-0.2, -0.15) is 5.10 Å². The molecule has 3 nitrogen and oxygen atoms in total. The standard InChI is InChI=1S/C6H7BIN3/c7-6-4-3-9-2-1-5(4)10-11(6)8/h9H,1-3H2. The zero-order valence-corrected chi connectivity index (χ0v) is 8.13. The predicted molar refractivity (Wildman–Crippen MR) is 52.4 cm³/mol. The second kappa shape index (κ2) is 2.78. The molecule has 1 aromatic heterocycles. The van der Waals surface area contributed by atoms with Gasteiger partial charge in [0.05, 0.1) is 28.6 Å². The summed E-state index contributed by atoms with van der Waals surface area (Å²) in [6.07, 6.45) is 0.996. The lowest BCUT2D eigenvalue weighted by atomic mass is 9.95. The number of halogens is 1. The van der Waals surface area contributed by atoms with Crippen LogP contribution in [0.2, 0.25) is 0 Å². The van der Waals surface area contributed by atoms with Crippen molar-refractivity contribution in [1.82, 2.24) is 13.3 Å². The predicted octanol–water partition coefficient (Wildman–Crippen LogP) is -0.479. The SMILES string of the molecule is [B]c1c2c(nn1I)CCNC2. The Morgan fingerprint density at radius 3 is 3.18 bits per heavy atom. The Kier molecular flexibility index (Phi) is 1.92. The van der Waals surface area contributed by atoms with Crippen molar-refractivity contribution in [1.29, 1.82) is 0 Å². The van der Waals surface area contributed by atoms with Crippen molar-refractivity contribution in [2.24, 2.45) is 0 Å². The van der Waals surface area contributed by atoms with Crippen LogP contribution in [-0.2, 0) is 13.0 Å². The topological polar surface area (TPSA) is 29.9 Å². The van der Waals surface area contributed by atoms with Gasteiger partial charge in [-0.1, -0.05) is 0 Å². The minimum atomic E-state index is 0.785. The average molecular weight is 259 g/mol. The lowest BCUT2D eigenvalue weighted by molar-refractivity contribution is 0.638. The van der Waals surface area contributed by atoms with E-state index in [0.29, 0.717) is 0 Å². The Morgan fingerprint density at radius 1 is 1.64 bits per heavy atom. The maximum Gasteiger partial charge on any atom is 0.143 e. The molecule has 0 amide bonds. The van der Waals surface area contributed by atoms with Crippen LogP contribution in [0.5, 0.6) is 0 Å². The van der Waals surface area contributed by atoms with Crippen LogP contribution in [0.15, 0.2) is 0 Å². The van der Waals surface area contributed by atoms with Crippen LogP contribution in [0.1, 0.15) is 11.3 Å². The van der Waals surface area contributed by atoms with E-state index in [9.17, 15) is 0 Å². The average Bonchev–Trinajstić information content (AvgIpc) is 2.30. The monoisotopic (exact) mass is 259 g/mol. The van der Waals surface area contributed by atoms with Gasteiger partial charge < -0.3 is 5.32 Å². The molecule has 0 fully saturated rings. The Hall–Kier alpha value is -0.0351. The highest BCUT2D eigenvalue weighted by Gasteiger charge is 2.15. The van der Waals surface area contributed by atoms with Gasteiger partial charge >= 0.3 is 0 Å². The molecule has 2 radical (unpaired) electrons. The second-order valence-electron chi connectivity index (χ2n) is 2.60. The maximum absolute atomic E-state index is 5.78. The van der Waals surface area contributed by atoms with Gasteiger partial charge in [0.2, 0.25) is 0 Å². The second-order valence-corrected chi connectivity index (χ2v) is 3.51. The van der Waals surface area contributed by atoms with E-state index >= 15 is 0 Å². The molecule has 56 valence electrons. The first kappa shape index (κ1) is 7.61. The number of hydrogen-bond donors (Lipinski definition) is 1. The van der Waals surface area contributed by atoms with E-state index in [1.165, 1.54) is 5.56 Å². The summed E-state index contributed by atoms with van der Waals surface area (Å²) in [6.45, 7) is 1.88. The van der Waals surface area contributed by atoms with E-state index in [1.807, 2.05) is 0 Å². The molecule has 0 atom stereocenters. The lowest BCUT2D eigenvalue weighted by Crippen LogP contribution is -2.27. The van der Waals surface area contributed by atoms with Crippen LogP contribution >= 0.6 is 22.9 Å².